The SMILES string of the molecule is CC(C)(C)OC(=O)CCCCn1c2c(c3ccc(N)cc3c1=O)C(=O)c1ccccc1-2. The van der Waals surface area contributed by atoms with Gasteiger partial charge in [0, 0.05) is 40.6 Å². The number of nitrogen functional groups attached to an aromatic ring is 1. The number of ketones is 1. The van der Waals surface area contributed by atoms with Crippen LogP contribution in [0.4, 0.5) is 5.69 Å². The summed E-state index contributed by atoms with van der Waals surface area (Å²) in [6.07, 6.45) is 1.47. The number of carbonyl (C=O) groups is 2. The van der Waals surface area contributed by atoms with Crippen LogP contribution in [0.5, 0.6) is 0 Å². The molecule has 4 rings (SSSR count). The number of esters is 1. The lowest BCUT2D eigenvalue weighted by Gasteiger charge is -2.19. The lowest BCUT2D eigenvalue weighted by molar-refractivity contribution is -0.154. The summed E-state index contributed by atoms with van der Waals surface area (Å²) < 4.78 is 7.02. The van der Waals surface area contributed by atoms with E-state index in [-0.39, 0.29) is 23.7 Å². The molecule has 0 aliphatic heterocycles. The molecule has 0 saturated carbocycles. The number of ether oxygens (including phenoxy) is 1. The summed E-state index contributed by atoms with van der Waals surface area (Å²) in [5, 5.41) is 1.06. The summed E-state index contributed by atoms with van der Waals surface area (Å²) >= 11 is 0. The van der Waals surface area contributed by atoms with E-state index in [1.54, 1.807) is 28.8 Å². The Morgan fingerprint density at radius 2 is 1.71 bits per heavy atom. The van der Waals surface area contributed by atoms with Gasteiger partial charge in [-0.1, -0.05) is 30.3 Å². The summed E-state index contributed by atoms with van der Waals surface area (Å²) in [6.45, 7) is 5.91. The van der Waals surface area contributed by atoms with Gasteiger partial charge in [0.05, 0.1) is 11.3 Å². The molecule has 0 unspecified atom stereocenters. The number of nitrogens with zero attached hydrogens (tertiary/aromatic N) is 1. The van der Waals surface area contributed by atoms with Crippen LogP contribution in [0, 0.1) is 0 Å². The summed E-state index contributed by atoms with van der Waals surface area (Å²) in [4.78, 5) is 38.6. The highest BCUT2D eigenvalue weighted by atomic mass is 16.6. The zero-order valence-electron chi connectivity index (χ0n) is 18.0. The highest BCUT2D eigenvalue weighted by Gasteiger charge is 2.32. The van der Waals surface area contributed by atoms with E-state index >= 15 is 0 Å². The molecule has 1 heterocycles. The highest BCUT2D eigenvalue weighted by molar-refractivity contribution is 6.26. The molecule has 0 amide bonds. The topological polar surface area (TPSA) is 91.4 Å². The van der Waals surface area contributed by atoms with Gasteiger partial charge in [0.2, 0.25) is 0 Å². The molecule has 3 aromatic rings. The van der Waals surface area contributed by atoms with Crippen LogP contribution >= 0.6 is 0 Å². The van der Waals surface area contributed by atoms with Crippen molar-refractivity contribution in [2.24, 2.45) is 0 Å². The monoisotopic (exact) mass is 418 g/mol. The van der Waals surface area contributed by atoms with E-state index in [2.05, 4.69) is 0 Å². The van der Waals surface area contributed by atoms with Crippen LogP contribution in [0.15, 0.2) is 47.3 Å². The molecule has 1 aromatic heterocycles. The zero-order valence-corrected chi connectivity index (χ0v) is 18.0. The number of pyridine rings is 1. The van der Waals surface area contributed by atoms with E-state index in [1.165, 1.54) is 0 Å². The van der Waals surface area contributed by atoms with Crippen molar-refractivity contribution >= 4 is 28.2 Å². The van der Waals surface area contributed by atoms with Crippen LogP contribution in [0.2, 0.25) is 0 Å². The highest BCUT2D eigenvalue weighted by Crippen LogP contribution is 2.39. The first-order valence-corrected chi connectivity index (χ1v) is 10.5. The number of fused-ring (bicyclic) bond motifs is 5. The second-order valence-electron chi connectivity index (χ2n) is 8.90. The van der Waals surface area contributed by atoms with Gasteiger partial charge < -0.3 is 15.0 Å². The lowest BCUT2D eigenvalue weighted by atomic mass is 10.0. The third-order valence-electron chi connectivity index (χ3n) is 5.38. The number of hydrogen-bond acceptors (Lipinski definition) is 5. The van der Waals surface area contributed by atoms with E-state index in [9.17, 15) is 14.4 Å². The number of benzene rings is 2. The van der Waals surface area contributed by atoms with E-state index < -0.39 is 5.60 Å². The first kappa shape index (κ1) is 20.8. The van der Waals surface area contributed by atoms with E-state index in [0.29, 0.717) is 52.7 Å². The van der Waals surface area contributed by atoms with Gasteiger partial charge in [0.15, 0.2) is 5.78 Å². The lowest BCUT2D eigenvalue weighted by Crippen LogP contribution is -2.25. The van der Waals surface area contributed by atoms with Crippen LogP contribution < -0.4 is 11.3 Å². The number of hydrogen-bond donors (Lipinski definition) is 1. The molecule has 1 aliphatic carbocycles. The molecular formula is C25H26N2O4. The molecule has 0 saturated heterocycles. The minimum absolute atomic E-state index is 0.0807. The van der Waals surface area contributed by atoms with E-state index in [4.69, 9.17) is 10.5 Å². The molecule has 6 heteroatoms. The van der Waals surface area contributed by atoms with Gasteiger partial charge in [-0.25, -0.2) is 0 Å². The average molecular weight is 418 g/mol. The Morgan fingerprint density at radius 3 is 2.42 bits per heavy atom. The largest absolute Gasteiger partial charge is 0.460 e. The molecule has 31 heavy (non-hydrogen) atoms. The third-order valence-corrected chi connectivity index (χ3v) is 5.38. The molecule has 1 aliphatic rings. The molecule has 2 N–H and O–H groups in total. The maximum absolute atomic E-state index is 13.4. The van der Waals surface area contributed by atoms with Crippen LogP contribution in [0.1, 0.15) is 56.0 Å². The summed E-state index contributed by atoms with van der Waals surface area (Å²) in [5.74, 6) is -0.334. The molecule has 0 radical (unpaired) electrons. The number of aromatic nitrogens is 1. The van der Waals surface area contributed by atoms with Gasteiger partial charge >= 0.3 is 5.97 Å². The fourth-order valence-corrected chi connectivity index (χ4v) is 4.14. The second kappa shape index (κ2) is 7.69. The first-order chi connectivity index (χ1) is 14.7. The van der Waals surface area contributed by atoms with E-state index in [1.807, 2.05) is 39.0 Å². The molecule has 0 spiro atoms. The molecule has 0 fully saturated rings. The Morgan fingerprint density at radius 1 is 1.00 bits per heavy atom. The Bertz CT molecular complexity index is 1260. The van der Waals surface area contributed by atoms with Crippen molar-refractivity contribution < 1.29 is 14.3 Å². The van der Waals surface area contributed by atoms with Crippen molar-refractivity contribution in [3.8, 4) is 11.3 Å². The Hall–Kier alpha value is -3.41. The Balaban J connectivity index is 1.71. The molecule has 0 bridgehead atoms. The predicted octanol–water partition coefficient (Wildman–Crippen LogP) is 4.31. The van der Waals surface area contributed by atoms with Gasteiger partial charge in [-0.2, -0.15) is 0 Å². The summed E-state index contributed by atoms with van der Waals surface area (Å²) in [7, 11) is 0. The first-order valence-electron chi connectivity index (χ1n) is 10.5. The van der Waals surface area contributed by atoms with Crippen LogP contribution in [0.3, 0.4) is 0 Å². The van der Waals surface area contributed by atoms with Crippen molar-refractivity contribution in [1.82, 2.24) is 4.57 Å². The second-order valence-corrected chi connectivity index (χ2v) is 8.90. The predicted molar refractivity (Wildman–Crippen MR) is 121 cm³/mol. The van der Waals surface area contributed by atoms with Crippen LogP contribution in [-0.4, -0.2) is 21.9 Å². The minimum atomic E-state index is -0.517. The van der Waals surface area contributed by atoms with Gasteiger partial charge in [0.1, 0.15) is 5.60 Å². The number of anilines is 1. The zero-order chi connectivity index (χ0) is 22.3. The Labute approximate surface area is 180 Å². The van der Waals surface area contributed by atoms with Crippen LogP contribution in [-0.2, 0) is 16.1 Å². The summed E-state index contributed by atoms with van der Waals surface area (Å²) in [6, 6.07) is 12.4. The molecule has 160 valence electrons. The number of carbonyl (C=O) groups excluding carboxylic acids is 2. The van der Waals surface area contributed by atoms with Crippen molar-refractivity contribution in [3.63, 3.8) is 0 Å². The van der Waals surface area contributed by atoms with Crippen molar-refractivity contribution in [2.75, 3.05) is 5.73 Å². The molecule has 2 aromatic carbocycles. The minimum Gasteiger partial charge on any atom is -0.460 e. The van der Waals surface area contributed by atoms with Gasteiger partial charge in [-0.15, -0.1) is 0 Å². The van der Waals surface area contributed by atoms with Crippen LogP contribution in [0.25, 0.3) is 22.0 Å². The number of nitrogens with two attached hydrogens (primary N) is 1. The normalized spacial score (nSPS) is 12.7. The molecule has 0 atom stereocenters. The number of rotatable bonds is 5. The molecule has 6 nitrogen and oxygen atoms in total. The average Bonchev–Trinajstić information content (AvgIpc) is 2.99. The van der Waals surface area contributed by atoms with Crippen molar-refractivity contribution in [2.45, 2.75) is 52.2 Å². The smallest absolute Gasteiger partial charge is 0.306 e. The van der Waals surface area contributed by atoms with Gasteiger partial charge in [0.25, 0.3) is 5.56 Å². The Kier molecular flexibility index (Phi) is 5.17. The maximum atomic E-state index is 13.4. The van der Waals surface area contributed by atoms with Gasteiger partial charge in [-0.3, -0.25) is 14.4 Å². The fourth-order valence-electron chi connectivity index (χ4n) is 4.14. The van der Waals surface area contributed by atoms with Crippen molar-refractivity contribution in [3.05, 3.63) is 63.9 Å². The quantitative estimate of drug-likeness (QED) is 0.296. The number of unbranched alkanes of at least 4 members (excludes halogenated alkanes) is 1. The molecular weight excluding hydrogens is 392 g/mol. The standard InChI is InChI=1S/C25H26N2O4/c1-25(2,3)31-20(28)10-6-7-13-27-22-17-8-4-5-9-18(17)23(29)21(22)16-12-11-15(26)14-19(16)24(27)30/h4-5,8-9,11-12,14H,6-7,10,13,26H2,1-3H3. The summed E-state index contributed by atoms with van der Waals surface area (Å²) in [5.41, 5.74) is 8.28. The fraction of sp³-hybridized carbons (Fsp3) is 0.320. The van der Waals surface area contributed by atoms with E-state index in [0.717, 1.165) is 5.56 Å². The van der Waals surface area contributed by atoms with Gasteiger partial charge in [-0.05, 0) is 45.7 Å². The third kappa shape index (κ3) is 3.85. The maximum Gasteiger partial charge on any atom is 0.306 e. The van der Waals surface area contributed by atoms with Crippen molar-refractivity contribution in [1.29, 1.82) is 0 Å².